The molecule has 1 amide bonds. The summed E-state index contributed by atoms with van der Waals surface area (Å²) in [5, 5.41) is 2.81. The van der Waals surface area contributed by atoms with Crippen LogP contribution in [0.25, 0.3) is 0 Å². The van der Waals surface area contributed by atoms with Crippen LogP contribution in [0.15, 0.2) is 48.5 Å². The first-order chi connectivity index (χ1) is 12.9. The van der Waals surface area contributed by atoms with Crippen LogP contribution in [0.1, 0.15) is 17.3 Å². The SMILES string of the molecule is CCS(=O)(=O)N(C)c1ccc(C(=O)NC[C@@H]2COc3ccccc3O2)cc1. The Labute approximate surface area is 158 Å². The van der Waals surface area contributed by atoms with Gasteiger partial charge in [0.25, 0.3) is 5.91 Å². The average molecular weight is 390 g/mol. The van der Waals surface area contributed by atoms with E-state index in [2.05, 4.69) is 5.32 Å². The van der Waals surface area contributed by atoms with Gasteiger partial charge in [-0.15, -0.1) is 0 Å². The summed E-state index contributed by atoms with van der Waals surface area (Å²) in [6.45, 7) is 2.25. The minimum atomic E-state index is -3.33. The highest BCUT2D eigenvalue weighted by Crippen LogP contribution is 2.30. The quantitative estimate of drug-likeness (QED) is 0.816. The van der Waals surface area contributed by atoms with Crippen molar-refractivity contribution in [1.82, 2.24) is 5.32 Å². The third-order valence-electron chi connectivity index (χ3n) is 4.33. The Morgan fingerprint density at radius 3 is 2.48 bits per heavy atom. The monoisotopic (exact) mass is 390 g/mol. The van der Waals surface area contributed by atoms with Crippen molar-refractivity contribution in [2.45, 2.75) is 13.0 Å². The van der Waals surface area contributed by atoms with Gasteiger partial charge in [-0.25, -0.2) is 8.42 Å². The molecule has 1 aliphatic rings. The summed E-state index contributed by atoms with van der Waals surface area (Å²) in [5.74, 6) is 1.11. The molecule has 8 heteroatoms. The lowest BCUT2D eigenvalue weighted by Crippen LogP contribution is -2.40. The standard InChI is InChI=1S/C19H22N2O5S/c1-3-27(23,24)21(2)15-10-8-14(9-11-15)19(22)20-12-16-13-25-17-6-4-5-7-18(17)26-16/h4-11,16H,3,12-13H2,1-2H3,(H,20,22)/t16-/m1/s1. The molecule has 0 fully saturated rings. The van der Waals surface area contributed by atoms with Gasteiger partial charge in [-0.1, -0.05) is 12.1 Å². The number of ether oxygens (including phenoxy) is 2. The van der Waals surface area contributed by atoms with Crippen LogP contribution in [0.3, 0.4) is 0 Å². The van der Waals surface area contributed by atoms with E-state index in [0.717, 1.165) is 0 Å². The Bertz CT molecular complexity index is 912. The minimum absolute atomic E-state index is 0.0122. The zero-order valence-electron chi connectivity index (χ0n) is 15.2. The van der Waals surface area contributed by atoms with Crippen LogP contribution in [0.2, 0.25) is 0 Å². The summed E-state index contributed by atoms with van der Waals surface area (Å²) in [4.78, 5) is 12.3. The summed E-state index contributed by atoms with van der Waals surface area (Å²) in [5.41, 5.74) is 0.951. The molecule has 27 heavy (non-hydrogen) atoms. The molecule has 144 valence electrons. The van der Waals surface area contributed by atoms with Crippen molar-refractivity contribution in [3.05, 3.63) is 54.1 Å². The molecular weight excluding hydrogens is 368 g/mol. The van der Waals surface area contributed by atoms with Crippen molar-refractivity contribution in [3.8, 4) is 11.5 Å². The van der Waals surface area contributed by atoms with Gasteiger partial charge in [-0.2, -0.15) is 0 Å². The lowest BCUT2D eigenvalue weighted by atomic mass is 10.2. The molecule has 1 atom stereocenters. The van der Waals surface area contributed by atoms with E-state index in [-0.39, 0.29) is 17.8 Å². The number of hydrogen-bond donors (Lipinski definition) is 1. The van der Waals surface area contributed by atoms with Gasteiger partial charge in [-0.3, -0.25) is 9.10 Å². The molecule has 7 nitrogen and oxygen atoms in total. The first-order valence-corrected chi connectivity index (χ1v) is 10.2. The number of sulfonamides is 1. The van der Waals surface area contributed by atoms with Gasteiger partial charge >= 0.3 is 0 Å². The number of benzene rings is 2. The number of para-hydroxylation sites is 2. The number of hydrogen-bond acceptors (Lipinski definition) is 5. The summed E-state index contributed by atoms with van der Waals surface area (Å²) in [6, 6.07) is 13.8. The van der Waals surface area contributed by atoms with Gasteiger partial charge in [0.1, 0.15) is 12.7 Å². The Morgan fingerprint density at radius 1 is 1.15 bits per heavy atom. The van der Waals surface area contributed by atoms with Gasteiger partial charge < -0.3 is 14.8 Å². The average Bonchev–Trinajstić information content (AvgIpc) is 2.71. The van der Waals surface area contributed by atoms with E-state index < -0.39 is 10.0 Å². The molecule has 0 aliphatic carbocycles. The van der Waals surface area contributed by atoms with E-state index in [1.807, 2.05) is 24.3 Å². The van der Waals surface area contributed by atoms with Crippen LogP contribution in [0, 0.1) is 0 Å². The lowest BCUT2D eigenvalue weighted by molar-refractivity contribution is 0.0789. The maximum atomic E-state index is 12.3. The number of anilines is 1. The third-order valence-corrected chi connectivity index (χ3v) is 6.11. The van der Waals surface area contributed by atoms with E-state index >= 15 is 0 Å². The summed E-state index contributed by atoms with van der Waals surface area (Å²) in [6.07, 6.45) is -0.274. The van der Waals surface area contributed by atoms with E-state index in [0.29, 0.717) is 35.9 Å². The summed E-state index contributed by atoms with van der Waals surface area (Å²) >= 11 is 0. The fourth-order valence-electron chi connectivity index (χ4n) is 2.65. The van der Waals surface area contributed by atoms with Gasteiger partial charge in [0.05, 0.1) is 18.0 Å². The molecule has 2 aromatic carbocycles. The van der Waals surface area contributed by atoms with Gasteiger partial charge in [0.15, 0.2) is 11.5 Å². The maximum Gasteiger partial charge on any atom is 0.251 e. The Hall–Kier alpha value is -2.74. The molecule has 0 bridgehead atoms. The number of nitrogens with zero attached hydrogens (tertiary/aromatic N) is 1. The molecule has 2 aromatic rings. The van der Waals surface area contributed by atoms with Crippen LogP contribution >= 0.6 is 0 Å². The van der Waals surface area contributed by atoms with Crippen LogP contribution in [0.5, 0.6) is 11.5 Å². The fraction of sp³-hybridized carbons (Fsp3) is 0.316. The Morgan fingerprint density at radius 2 is 1.81 bits per heavy atom. The van der Waals surface area contributed by atoms with E-state index in [9.17, 15) is 13.2 Å². The summed E-state index contributed by atoms with van der Waals surface area (Å²) < 4.78 is 36.4. The molecule has 1 heterocycles. The van der Waals surface area contributed by atoms with Gasteiger partial charge in [0, 0.05) is 12.6 Å². The molecule has 3 rings (SSSR count). The number of carbonyl (C=O) groups excluding carboxylic acids is 1. The van der Waals surface area contributed by atoms with Crippen molar-refractivity contribution < 1.29 is 22.7 Å². The molecule has 0 unspecified atom stereocenters. The molecular formula is C19H22N2O5S. The smallest absolute Gasteiger partial charge is 0.251 e. The van der Waals surface area contributed by atoms with Crippen LogP contribution < -0.4 is 19.1 Å². The second-order valence-corrected chi connectivity index (χ2v) is 8.41. The van der Waals surface area contributed by atoms with Crippen molar-refractivity contribution in [3.63, 3.8) is 0 Å². The normalized spacial score (nSPS) is 15.9. The highest BCUT2D eigenvalue weighted by Gasteiger charge is 2.21. The van der Waals surface area contributed by atoms with E-state index in [1.54, 1.807) is 31.2 Å². The van der Waals surface area contributed by atoms with Gasteiger partial charge in [0.2, 0.25) is 10.0 Å². The minimum Gasteiger partial charge on any atom is -0.486 e. The number of fused-ring (bicyclic) bond motifs is 1. The Balaban J connectivity index is 1.57. The lowest BCUT2D eigenvalue weighted by Gasteiger charge is -2.26. The third kappa shape index (κ3) is 4.33. The number of rotatable bonds is 6. The first-order valence-electron chi connectivity index (χ1n) is 8.64. The van der Waals surface area contributed by atoms with Crippen molar-refractivity contribution in [1.29, 1.82) is 0 Å². The van der Waals surface area contributed by atoms with Crippen LogP contribution in [0.4, 0.5) is 5.69 Å². The highest BCUT2D eigenvalue weighted by molar-refractivity contribution is 7.92. The van der Waals surface area contributed by atoms with Crippen LogP contribution in [-0.2, 0) is 10.0 Å². The number of amides is 1. The topological polar surface area (TPSA) is 84.9 Å². The van der Waals surface area contributed by atoms with Crippen LogP contribution in [-0.4, -0.2) is 46.4 Å². The molecule has 1 N–H and O–H groups in total. The maximum absolute atomic E-state index is 12.3. The molecule has 0 saturated heterocycles. The highest BCUT2D eigenvalue weighted by atomic mass is 32.2. The zero-order valence-corrected chi connectivity index (χ0v) is 16.0. The largest absolute Gasteiger partial charge is 0.486 e. The Kier molecular flexibility index (Phi) is 5.55. The summed E-state index contributed by atoms with van der Waals surface area (Å²) in [7, 11) is -1.84. The predicted molar refractivity (Wildman–Crippen MR) is 103 cm³/mol. The number of nitrogens with one attached hydrogen (secondary N) is 1. The molecule has 1 aliphatic heterocycles. The fourth-order valence-corrected chi connectivity index (χ4v) is 3.48. The molecule has 0 saturated carbocycles. The zero-order chi connectivity index (χ0) is 19.4. The van der Waals surface area contributed by atoms with Crippen molar-refractivity contribution in [2.24, 2.45) is 0 Å². The van der Waals surface area contributed by atoms with Crippen molar-refractivity contribution in [2.75, 3.05) is 30.3 Å². The van der Waals surface area contributed by atoms with E-state index in [4.69, 9.17) is 9.47 Å². The second-order valence-electron chi connectivity index (χ2n) is 6.12. The molecule has 0 aromatic heterocycles. The number of carbonyl (C=O) groups is 1. The predicted octanol–water partition coefficient (Wildman–Crippen LogP) is 2.04. The van der Waals surface area contributed by atoms with E-state index in [1.165, 1.54) is 11.4 Å². The molecule has 0 spiro atoms. The van der Waals surface area contributed by atoms with Gasteiger partial charge in [-0.05, 0) is 43.3 Å². The first kappa shape index (κ1) is 19.0. The second kappa shape index (κ2) is 7.87. The molecule has 0 radical (unpaired) electrons. The van der Waals surface area contributed by atoms with Crippen molar-refractivity contribution >= 4 is 21.6 Å².